The summed E-state index contributed by atoms with van der Waals surface area (Å²) in [5, 5.41) is 6.61. The molecule has 2 aromatic heterocycles. The lowest BCUT2D eigenvalue weighted by molar-refractivity contribution is -0.114. The number of amides is 1. The van der Waals surface area contributed by atoms with Crippen LogP contribution in [0, 0.1) is 6.92 Å². The average molecular weight is 232 g/mol. The second-order valence-corrected chi connectivity index (χ2v) is 3.78. The Morgan fingerprint density at radius 1 is 1.29 bits per heavy atom. The van der Waals surface area contributed by atoms with Crippen molar-refractivity contribution in [3.8, 4) is 0 Å². The number of fused-ring (bicyclic) bond motifs is 1. The van der Waals surface area contributed by atoms with E-state index in [0.717, 1.165) is 5.69 Å². The van der Waals surface area contributed by atoms with Gasteiger partial charge in [-0.2, -0.15) is 4.68 Å². The molecular weight excluding hydrogens is 220 g/mol. The maximum Gasteiger partial charge on any atom is 0.244 e. The van der Waals surface area contributed by atoms with Gasteiger partial charge in [0, 0.05) is 19.5 Å². The number of nitrogens with one attached hydrogen (secondary N) is 1. The first-order chi connectivity index (χ1) is 7.99. The molecule has 1 N–H and O–H groups in total. The van der Waals surface area contributed by atoms with Crippen molar-refractivity contribution >= 4 is 28.7 Å². The minimum absolute atomic E-state index is 0.225. The molecule has 0 spiro atoms. The zero-order valence-corrected chi connectivity index (χ0v) is 9.81. The topological polar surface area (TPSA) is 76.9 Å². The normalized spacial score (nSPS) is 10.5. The molecule has 0 aliphatic heterocycles. The summed E-state index contributed by atoms with van der Waals surface area (Å²) in [6, 6.07) is 3.55. The van der Waals surface area contributed by atoms with Crippen molar-refractivity contribution in [2.24, 2.45) is 0 Å². The summed E-state index contributed by atoms with van der Waals surface area (Å²) in [6.45, 7) is 4.63. The van der Waals surface area contributed by atoms with E-state index in [4.69, 9.17) is 0 Å². The van der Waals surface area contributed by atoms with E-state index in [1.807, 2.05) is 6.92 Å². The Morgan fingerprint density at radius 3 is 2.59 bits per heavy atom. The van der Waals surface area contributed by atoms with Crippen LogP contribution in [0.4, 0.5) is 5.82 Å². The molecule has 0 aliphatic carbocycles. The largest absolute Gasteiger partial charge is 0.308 e. The number of aryl methyl sites for hydroxylation is 1. The molecular formula is C11H12N4O2. The van der Waals surface area contributed by atoms with Gasteiger partial charge in [-0.05, 0) is 19.1 Å². The van der Waals surface area contributed by atoms with Crippen LogP contribution in [0.15, 0.2) is 12.1 Å². The van der Waals surface area contributed by atoms with Gasteiger partial charge in [-0.15, -0.1) is 5.10 Å². The molecule has 0 bridgehead atoms. The second-order valence-electron chi connectivity index (χ2n) is 3.78. The van der Waals surface area contributed by atoms with Gasteiger partial charge in [0.2, 0.25) is 11.8 Å². The second kappa shape index (κ2) is 3.97. The average Bonchev–Trinajstić information content (AvgIpc) is 2.56. The molecule has 0 atom stereocenters. The molecule has 0 aromatic carbocycles. The SMILES string of the molecule is CC(=O)Nc1nn(C(C)=O)c2ccc(C)nc12. The first kappa shape index (κ1) is 11.3. The summed E-state index contributed by atoms with van der Waals surface area (Å²) in [4.78, 5) is 26.7. The van der Waals surface area contributed by atoms with E-state index in [1.54, 1.807) is 12.1 Å². The molecule has 6 heteroatoms. The third-order valence-electron chi connectivity index (χ3n) is 2.26. The minimum Gasteiger partial charge on any atom is -0.308 e. The van der Waals surface area contributed by atoms with Gasteiger partial charge >= 0.3 is 0 Å². The van der Waals surface area contributed by atoms with Crippen LogP contribution in [0.3, 0.4) is 0 Å². The number of anilines is 1. The van der Waals surface area contributed by atoms with Gasteiger partial charge in [-0.1, -0.05) is 0 Å². The summed E-state index contributed by atoms with van der Waals surface area (Å²) in [6.07, 6.45) is 0. The fourth-order valence-electron chi connectivity index (χ4n) is 1.59. The molecule has 0 aliphatic rings. The molecule has 0 saturated heterocycles. The Kier molecular flexibility index (Phi) is 2.63. The highest BCUT2D eigenvalue weighted by Crippen LogP contribution is 2.21. The van der Waals surface area contributed by atoms with E-state index in [-0.39, 0.29) is 11.8 Å². The molecule has 2 aromatic rings. The fraction of sp³-hybridized carbons (Fsp3) is 0.273. The Labute approximate surface area is 97.6 Å². The van der Waals surface area contributed by atoms with E-state index in [1.165, 1.54) is 18.5 Å². The van der Waals surface area contributed by atoms with Crippen molar-refractivity contribution in [3.63, 3.8) is 0 Å². The van der Waals surface area contributed by atoms with Gasteiger partial charge in [0.25, 0.3) is 0 Å². The third kappa shape index (κ3) is 2.01. The molecule has 0 saturated carbocycles. The van der Waals surface area contributed by atoms with Crippen molar-refractivity contribution in [2.75, 3.05) is 5.32 Å². The lowest BCUT2D eigenvalue weighted by atomic mass is 10.3. The number of nitrogens with zero attached hydrogens (tertiary/aromatic N) is 3. The van der Waals surface area contributed by atoms with Gasteiger partial charge in [0.15, 0.2) is 5.82 Å². The van der Waals surface area contributed by atoms with Crippen molar-refractivity contribution < 1.29 is 9.59 Å². The maximum atomic E-state index is 11.4. The lowest BCUT2D eigenvalue weighted by Crippen LogP contribution is -2.10. The van der Waals surface area contributed by atoms with Crippen LogP contribution in [0.1, 0.15) is 24.3 Å². The van der Waals surface area contributed by atoms with Crippen LogP contribution in [0.2, 0.25) is 0 Å². The number of carbonyl (C=O) groups is 2. The molecule has 88 valence electrons. The highest BCUT2D eigenvalue weighted by Gasteiger charge is 2.15. The predicted octanol–water partition coefficient (Wildman–Crippen LogP) is 1.36. The summed E-state index contributed by atoms with van der Waals surface area (Å²) >= 11 is 0. The standard InChI is InChI=1S/C11H12N4O2/c1-6-4-5-9-10(12-6)11(13-7(2)16)14-15(9)8(3)17/h4-5H,1-3H3,(H,13,14,16). The maximum absolute atomic E-state index is 11.4. The van der Waals surface area contributed by atoms with Crippen molar-refractivity contribution in [1.82, 2.24) is 14.8 Å². The highest BCUT2D eigenvalue weighted by molar-refractivity contribution is 6.00. The highest BCUT2D eigenvalue weighted by atomic mass is 16.2. The van der Waals surface area contributed by atoms with Crippen LogP contribution in [-0.4, -0.2) is 26.6 Å². The Hall–Kier alpha value is -2.24. The molecule has 0 unspecified atom stereocenters. The van der Waals surface area contributed by atoms with E-state index < -0.39 is 0 Å². The van der Waals surface area contributed by atoms with Crippen molar-refractivity contribution in [2.45, 2.75) is 20.8 Å². The monoisotopic (exact) mass is 232 g/mol. The molecule has 2 rings (SSSR count). The summed E-state index contributed by atoms with van der Waals surface area (Å²) < 4.78 is 1.23. The van der Waals surface area contributed by atoms with E-state index in [0.29, 0.717) is 16.9 Å². The fourth-order valence-corrected chi connectivity index (χ4v) is 1.59. The van der Waals surface area contributed by atoms with Gasteiger partial charge in [-0.3, -0.25) is 9.59 Å². The van der Waals surface area contributed by atoms with Gasteiger partial charge < -0.3 is 5.32 Å². The predicted molar refractivity (Wildman–Crippen MR) is 62.9 cm³/mol. The summed E-state index contributed by atoms with van der Waals surface area (Å²) in [7, 11) is 0. The van der Waals surface area contributed by atoms with E-state index in [2.05, 4.69) is 15.4 Å². The Bertz CT molecular complexity index is 615. The summed E-state index contributed by atoms with van der Waals surface area (Å²) in [5.41, 5.74) is 1.91. The third-order valence-corrected chi connectivity index (χ3v) is 2.26. The number of hydrogen-bond acceptors (Lipinski definition) is 4. The van der Waals surface area contributed by atoms with Gasteiger partial charge in [0.1, 0.15) is 5.52 Å². The smallest absolute Gasteiger partial charge is 0.244 e. The number of pyridine rings is 1. The van der Waals surface area contributed by atoms with Crippen LogP contribution < -0.4 is 5.32 Å². The zero-order chi connectivity index (χ0) is 12.6. The van der Waals surface area contributed by atoms with E-state index in [9.17, 15) is 9.59 Å². The first-order valence-electron chi connectivity index (χ1n) is 5.14. The van der Waals surface area contributed by atoms with Crippen LogP contribution in [-0.2, 0) is 4.79 Å². The van der Waals surface area contributed by atoms with Crippen LogP contribution in [0.25, 0.3) is 11.0 Å². The van der Waals surface area contributed by atoms with Crippen molar-refractivity contribution in [3.05, 3.63) is 17.8 Å². The number of hydrogen-bond donors (Lipinski definition) is 1. The molecule has 1 amide bonds. The number of carbonyl (C=O) groups excluding carboxylic acids is 2. The Balaban J connectivity index is 2.70. The number of aromatic nitrogens is 3. The minimum atomic E-state index is -0.247. The summed E-state index contributed by atoms with van der Waals surface area (Å²) in [5.74, 6) is -0.160. The van der Waals surface area contributed by atoms with Crippen LogP contribution in [0.5, 0.6) is 0 Å². The molecule has 17 heavy (non-hydrogen) atoms. The zero-order valence-electron chi connectivity index (χ0n) is 9.81. The lowest BCUT2D eigenvalue weighted by Gasteiger charge is -1.96. The molecule has 0 fully saturated rings. The van der Waals surface area contributed by atoms with Crippen LogP contribution >= 0.6 is 0 Å². The molecule has 2 heterocycles. The van der Waals surface area contributed by atoms with Gasteiger partial charge in [0.05, 0.1) is 5.52 Å². The first-order valence-corrected chi connectivity index (χ1v) is 5.14. The van der Waals surface area contributed by atoms with E-state index >= 15 is 0 Å². The quantitative estimate of drug-likeness (QED) is 0.805. The van der Waals surface area contributed by atoms with Crippen molar-refractivity contribution in [1.29, 1.82) is 0 Å². The molecule has 0 radical (unpaired) electrons. The van der Waals surface area contributed by atoms with Gasteiger partial charge in [-0.25, -0.2) is 4.98 Å². The number of rotatable bonds is 1. The molecule has 6 nitrogen and oxygen atoms in total. The Morgan fingerprint density at radius 2 is 2.00 bits per heavy atom.